The molecule has 0 radical (unpaired) electrons. The highest BCUT2D eigenvalue weighted by atomic mass is 16.5. The fourth-order valence-electron chi connectivity index (χ4n) is 1.70. The van der Waals surface area contributed by atoms with Gasteiger partial charge in [0.25, 0.3) is 0 Å². The molecule has 0 aliphatic heterocycles. The van der Waals surface area contributed by atoms with E-state index in [1.165, 1.54) is 24.0 Å². The van der Waals surface area contributed by atoms with Crippen molar-refractivity contribution in [2.75, 3.05) is 20.2 Å². The van der Waals surface area contributed by atoms with E-state index in [2.05, 4.69) is 29.6 Å². The number of rotatable bonds is 7. The molecule has 2 nitrogen and oxygen atoms in total. The van der Waals surface area contributed by atoms with Gasteiger partial charge in [-0.2, -0.15) is 0 Å². The number of hydrogen-bond acceptors (Lipinski definition) is 2. The Kier molecular flexibility index (Phi) is 4.37. The number of ether oxygens (including phenoxy) is 1. The summed E-state index contributed by atoms with van der Waals surface area (Å²) in [6.45, 7) is 2.75. The van der Waals surface area contributed by atoms with Crippen LogP contribution in [0.2, 0.25) is 0 Å². The average Bonchev–Trinajstić information content (AvgIpc) is 3.12. The van der Waals surface area contributed by atoms with Gasteiger partial charge in [-0.1, -0.05) is 24.3 Å². The summed E-state index contributed by atoms with van der Waals surface area (Å²) in [7, 11) is 1.99. The first kappa shape index (κ1) is 11.6. The zero-order chi connectivity index (χ0) is 11.2. The van der Waals surface area contributed by atoms with E-state index in [1.807, 2.05) is 7.05 Å². The molecule has 1 aromatic rings. The lowest BCUT2D eigenvalue weighted by Gasteiger charge is -2.05. The molecule has 16 heavy (non-hydrogen) atoms. The highest BCUT2D eigenvalue weighted by molar-refractivity contribution is 5.22. The van der Waals surface area contributed by atoms with Crippen LogP contribution in [0.15, 0.2) is 24.3 Å². The molecule has 1 N–H and O–H groups in total. The van der Waals surface area contributed by atoms with E-state index in [4.69, 9.17) is 4.74 Å². The Labute approximate surface area is 98.0 Å². The molecule has 0 heterocycles. The van der Waals surface area contributed by atoms with Crippen LogP contribution < -0.4 is 5.32 Å². The Bertz CT molecular complexity index is 303. The molecule has 1 fully saturated rings. The van der Waals surface area contributed by atoms with Gasteiger partial charge in [0.2, 0.25) is 0 Å². The minimum absolute atomic E-state index is 0.767. The Morgan fingerprint density at radius 1 is 1.19 bits per heavy atom. The normalized spacial score (nSPS) is 15.3. The topological polar surface area (TPSA) is 21.3 Å². The largest absolute Gasteiger partial charge is 0.376 e. The molecular weight excluding hydrogens is 198 g/mol. The van der Waals surface area contributed by atoms with Crippen LogP contribution in [0.3, 0.4) is 0 Å². The number of likely N-dealkylation sites (N-methyl/N-ethyl adjacent to an activating group) is 1. The summed E-state index contributed by atoms with van der Waals surface area (Å²) in [5.74, 6) is 0.856. The van der Waals surface area contributed by atoms with Gasteiger partial charge in [-0.05, 0) is 49.9 Å². The summed E-state index contributed by atoms with van der Waals surface area (Å²) in [6, 6.07) is 8.76. The molecule has 0 bridgehead atoms. The molecule has 0 atom stereocenters. The van der Waals surface area contributed by atoms with Crippen molar-refractivity contribution in [1.29, 1.82) is 0 Å². The first-order chi connectivity index (χ1) is 7.88. The maximum Gasteiger partial charge on any atom is 0.0717 e. The summed E-state index contributed by atoms with van der Waals surface area (Å²) >= 11 is 0. The van der Waals surface area contributed by atoms with Gasteiger partial charge in [-0.25, -0.2) is 0 Å². The third-order valence-electron chi connectivity index (χ3n) is 3.01. The maximum absolute atomic E-state index is 5.65. The molecule has 1 saturated carbocycles. The van der Waals surface area contributed by atoms with E-state index in [1.54, 1.807) is 0 Å². The van der Waals surface area contributed by atoms with Crippen molar-refractivity contribution >= 4 is 0 Å². The monoisotopic (exact) mass is 219 g/mol. The Morgan fingerprint density at radius 2 is 1.88 bits per heavy atom. The zero-order valence-electron chi connectivity index (χ0n) is 10.0. The second-order valence-corrected chi connectivity index (χ2v) is 4.63. The van der Waals surface area contributed by atoms with Gasteiger partial charge in [0, 0.05) is 6.61 Å². The molecule has 2 rings (SSSR count). The number of nitrogens with one attached hydrogen (secondary N) is 1. The van der Waals surface area contributed by atoms with Gasteiger partial charge < -0.3 is 10.1 Å². The quantitative estimate of drug-likeness (QED) is 0.760. The van der Waals surface area contributed by atoms with Crippen LogP contribution in [0.25, 0.3) is 0 Å². The van der Waals surface area contributed by atoms with Crippen LogP contribution in [0.1, 0.15) is 24.0 Å². The molecule has 0 unspecified atom stereocenters. The summed E-state index contributed by atoms with van der Waals surface area (Å²) in [4.78, 5) is 0. The van der Waals surface area contributed by atoms with E-state index < -0.39 is 0 Å². The van der Waals surface area contributed by atoms with Crippen molar-refractivity contribution in [3.63, 3.8) is 0 Å². The summed E-state index contributed by atoms with van der Waals surface area (Å²) in [6.07, 6.45) is 3.83. The first-order valence-electron chi connectivity index (χ1n) is 6.18. The van der Waals surface area contributed by atoms with Crippen LogP contribution >= 0.6 is 0 Å². The molecule has 0 spiro atoms. The van der Waals surface area contributed by atoms with Gasteiger partial charge in [0.15, 0.2) is 0 Å². The molecule has 88 valence electrons. The lowest BCUT2D eigenvalue weighted by atomic mass is 10.1. The number of hydrogen-bond donors (Lipinski definition) is 1. The van der Waals surface area contributed by atoms with E-state index >= 15 is 0 Å². The van der Waals surface area contributed by atoms with Crippen molar-refractivity contribution in [3.05, 3.63) is 35.4 Å². The predicted molar refractivity (Wildman–Crippen MR) is 66.5 cm³/mol. The molecule has 0 aromatic heterocycles. The molecule has 2 heteroatoms. The van der Waals surface area contributed by atoms with E-state index in [9.17, 15) is 0 Å². The minimum atomic E-state index is 0.767. The third-order valence-corrected chi connectivity index (χ3v) is 3.01. The molecule has 1 aromatic carbocycles. The van der Waals surface area contributed by atoms with Crippen LogP contribution in [0.4, 0.5) is 0 Å². The molecular formula is C14H21NO. The zero-order valence-corrected chi connectivity index (χ0v) is 10.0. The summed E-state index contributed by atoms with van der Waals surface area (Å²) in [5.41, 5.74) is 2.68. The Morgan fingerprint density at radius 3 is 2.50 bits per heavy atom. The fraction of sp³-hybridized carbons (Fsp3) is 0.571. The molecule has 1 aliphatic rings. The van der Waals surface area contributed by atoms with Crippen LogP contribution in [0, 0.1) is 5.92 Å². The van der Waals surface area contributed by atoms with Crippen molar-refractivity contribution in [2.45, 2.75) is 25.9 Å². The molecule has 0 amide bonds. The first-order valence-corrected chi connectivity index (χ1v) is 6.18. The second-order valence-electron chi connectivity index (χ2n) is 4.63. The average molecular weight is 219 g/mol. The molecule has 0 saturated heterocycles. The van der Waals surface area contributed by atoms with Gasteiger partial charge in [-0.3, -0.25) is 0 Å². The van der Waals surface area contributed by atoms with E-state index in [-0.39, 0.29) is 0 Å². The Balaban J connectivity index is 1.72. The smallest absolute Gasteiger partial charge is 0.0717 e. The van der Waals surface area contributed by atoms with Gasteiger partial charge in [0.1, 0.15) is 0 Å². The highest BCUT2D eigenvalue weighted by Crippen LogP contribution is 2.29. The summed E-state index contributed by atoms with van der Waals surface area (Å²) in [5, 5.41) is 3.16. The fourth-order valence-corrected chi connectivity index (χ4v) is 1.70. The Hall–Kier alpha value is -0.860. The third kappa shape index (κ3) is 3.95. The summed E-state index contributed by atoms with van der Waals surface area (Å²) < 4.78 is 5.65. The van der Waals surface area contributed by atoms with Crippen LogP contribution in [-0.4, -0.2) is 20.2 Å². The maximum atomic E-state index is 5.65. The SMILES string of the molecule is CNCCc1ccc(COCC2CC2)cc1. The minimum Gasteiger partial charge on any atom is -0.376 e. The van der Waals surface area contributed by atoms with E-state index in [0.717, 1.165) is 32.1 Å². The van der Waals surface area contributed by atoms with Crippen molar-refractivity contribution in [2.24, 2.45) is 5.92 Å². The van der Waals surface area contributed by atoms with Crippen molar-refractivity contribution < 1.29 is 4.74 Å². The van der Waals surface area contributed by atoms with Crippen LogP contribution in [-0.2, 0) is 17.8 Å². The predicted octanol–water partition coefficient (Wildman–Crippen LogP) is 2.38. The van der Waals surface area contributed by atoms with Crippen molar-refractivity contribution in [3.8, 4) is 0 Å². The number of benzene rings is 1. The highest BCUT2D eigenvalue weighted by Gasteiger charge is 2.20. The van der Waals surface area contributed by atoms with Gasteiger partial charge >= 0.3 is 0 Å². The van der Waals surface area contributed by atoms with Gasteiger partial charge in [0.05, 0.1) is 6.61 Å². The lowest BCUT2D eigenvalue weighted by molar-refractivity contribution is 0.111. The van der Waals surface area contributed by atoms with Crippen LogP contribution in [0.5, 0.6) is 0 Å². The standard InChI is InChI=1S/C14H21NO/c1-15-9-8-12-2-4-13(5-3-12)10-16-11-14-6-7-14/h2-5,14-15H,6-11H2,1H3. The molecule has 1 aliphatic carbocycles. The lowest BCUT2D eigenvalue weighted by Crippen LogP contribution is -2.10. The second kappa shape index (κ2) is 6.02. The van der Waals surface area contributed by atoms with Crippen molar-refractivity contribution in [1.82, 2.24) is 5.32 Å². The van der Waals surface area contributed by atoms with Gasteiger partial charge in [-0.15, -0.1) is 0 Å². The van der Waals surface area contributed by atoms with E-state index in [0.29, 0.717) is 0 Å².